The quantitative estimate of drug-likeness (QED) is 0.323. The normalized spacial score (nSPS) is 9.80. The van der Waals surface area contributed by atoms with Gasteiger partial charge in [-0.05, 0) is 19.3 Å². The maximum atomic E-state index is 11.4. The van der Waals surface area contributed by atoms with Gasteiger partial charge in [0.1, 0.15) is 0 Å². The Balaban J connectivity index is 3.31. The Bertz CT molecular complexity index is 328. The van der Waals surface area contributed by atoms with Crippen molar-refractivity contribution in [1.82, 2.24) is 5.32 Å². The van der Waals surface area contributed by atoms with Crippen LogP contribution >= 0.6 is 0 Å². The van der Waals surface area contributed by atoms with Gasteiger partial charge in [-0.1, -0.05) is 19.4 Å². The molecule has 0 saturated heterocycles. The fourth-order valence-corrected chi connectivity index (χ4v) is 1.54. The van der Waals surface area contributed by atoms with Crippen LogP contribution in [0.25, 0.3) is 0 Å². The number of rotatable bonds is 12. The van der Waals surface area contributed by atoms with Gasteiger partial charge in [-0.2, -0.15) is 0 Å². The zero-order valence-corrected chi connectivity index (χ0v) is 11.7. The second-order valence-corrected chi connectivity index (χ2v) is 4.38. The summed E-state index contributed by atoms with van der Waals surface area (Å²) in [6.45, 7) is 4.01. The van der Waals surface area contributed by atoms with Gasteiger partial charge >= 0.3 is 11.9 Å². The van der Waals surface area contributed by atoms with E-state index in [-0.39, 0.29) is 18.9 Å². The maximum absolute atomic E-state index is 11.4. The largest absolute Gasteiger partial charge is 0.481 e. The molecule has 6 heteroatoms. The first-order valence-corrected chi connectivity index (χ1v) is 6.84. The Hall–Kier alpha value is -1.85. The monoisotopic (exact) mass is 285 g/mol. The minimum atomic E-state index is -0.778. The molecule has 0 saturated carbocycles. The van der Waals surface area contributed by atoms with Crippen LogP contribution in [-0.4, -0.2) is 36.1 Å². The predicted octanol–water partition coefficient (Wildman–Crippen LogP) is 1.65. The molecule has 0 unspecified atom stereocenters. The van der Waals surface area contributed by atoms with Crippen LogP contribution in [0.4, 0.5) is 0 Å². The average Bonchev–Trinajstić information content (AvgIpc) is 2.41. The van der Waals surface area contributed by atoms with Gasteiger partial charge in [-0.25, -0.2) is 4.79 Å². The first-order chi connectivity index (χ1) is 9.56. The Kier molecular flexibility index (Phi) is 11.1. The average molecular weight is 285 g/mol. The SMILES string of the molecule is C=CC(=O)OCCCNC(=O)CCCCCCC(=O)O. The second-order valence-electron chi connectivity index (χ2n) is 4.38. The van der Waals surface area contributed by atoms with Gasteiger partial charge in [0.2, 0.25) is 5.91 Å². The lowest BCUT2D eigenvalue weighted by atomic mass is 10.1. The molecule has 0 rings (SSSR count). The molecule has 0 aliphatic rings. The van der Waals surface area contributed by atoms with Crippen molar-refractivity contribution < 1.29 is 24.2 Å². The van der Waals surface area contributed by atoms with E-state index in [9.17, 15) is 14.4 Å². The molecule has 0 aromatic carbocycles. The van der Waals surface area contributed by atoms with Crippen LogP contribution in [0.15, 0.2) is 12.7 Å². The minimum Gasteiger partial charge on any atom is -0.481 e. The van der Waals surface area contributed by atoms with Crippen LogP contribution in [0, 0.1) is 0 Å². The number of unbranched alkanes of at least 4 members (excludes halogenated alkanes) is 3. The molecule has 0 aliphatic carbocycles. The topological polar surface area (TPSA) is 92.7 Å². The summed E-state index contributed by atoms with van der Waals surface area (Å²) in [7, 11) is 0. The van der Waals surface area contributed by atoms with Crippen molar-refractivity contribution in [3.63, 3.8) is 0 Å². The minimum absolute atomic E-state index is 0.0294. The van der Waals surface area contributed by atoms with Crippen LogP contribution in [0.5, 0.6) is 0 Å². The molecule has 0 spiro atoms. The third-order valence-corrected chi connectivity index (χ3v) is 2.60. The van der Waals surface area contributed by atoms with E-state index in [1.165, 1.54) is 0 Å². The van der Waals surface area contributed by atoms with Crippen molar-refractivity contribution in [3.8, 4) is 0 Å². The second kappa shape index (κ2) is 12.2. The summed E-state index contributed by atoms with van der Waals surface area (Å²) in [6.07, 6.45) is 5.42. The molecular formula is C14H23NO5. The number of hydrogen-bond acceptors (Lipinski definition) is 4. The first kappa shape index (κ1) is 18.1. The molecule has 0 atom stereocenters. The summed E-state index contributed by atoms with van der Waals surface area (Å²) in [4.78, 5) is 32.4. The van der Waals surface area contributed by atoms with Crippen LogP contribution in [0.1, 0.15) is 44.9 Å². The van der Waals surface area contributed by atoms with Crippen LogP contribution in [0.3, 0.4) is 0 Å². The number of carbonyl (C=O) groups is 3. The highest BCUT2D eigenvalue weighted by atomic mass is 16.5. The summed E-state index contributed by atoms with van der Waals surface area (Å²) >= 11 is 0. The van der Waals surface area contributed by atoms with Crippen molar-refractivity contribution in [3.05, 3.63) is 12.7 Å². The molecule has 20 heavy (non-hydrogen) atoms. The van der Waals surface area contributed by atoms with E-state index in [1.54, 1.807) is 0 Å². The van der Waals surface area contributed by atoms with Gasteiger partial charge in [0.25, 0.3) is 0 Å². The lowest BCUT2D eigenvalue weighted by molar-refractivity contribution is -0.138. The van der Waals surface area contributed by atoms with Gasteiger partial charge in [0.15, 0.2) is 0 Å². The highest BCUT2D eigenvalue weighted by Gasteiger charge is 2.02. The number of carbonyl (C=O) groups excluding carboxylic acids is 2. The molecule has 0 aromatic rings. The number of aliphatic carboxylic acids is 1. The molecule has 0 bridgehead atoms. The third-order valence-electron chi connectivity index (χ3n) is 2.60. The highest BCUT2D eigenvalue weighted by Crippen LogP contribution is 2.05. The zero-order chi connectivity index (χ0) is 15.2. The van der Waals surface area contributed by atoms with E-state index in [0.29, 0.717) is 25.8 Å². The maximum Gasteiger partial charge on any atom is 0.330 e. The summed E-state index contributed by atoms with van der Waals surface area (Å²) in [5.74, 6) is -1.27. The number of nitrogens with one attached hydrogen (secondary N) is 1. The van der Waals surface area contributed by atoms with Crippen molar-refractivity contribution in [2.45, 2.75) is 44.9 Å². The third kappa shape index (κ3) is 12.6. The number of hydrogen-bond donors (Lipinski definition) is 2. The van der Waals surface area contributed by atoms with E-state index in [1.807, 2.05) is 0 Å². The van der Waals surface area contributed by atoms with Crippen molar-refractivity contribution >= 4 is 17.8 Å². The van der Waals surface area contributed by atoms with Gasteiger partial charge in [-0.3, -0.25) is 9.59 Å². The van der Waals surface area contributed by atoms with Crippen LogP contribution in [0.2, 0.25) is 0 Å². The molecule has 0 aromatic heterocycles. The summed E-state index contributed by atoms with van der Waals surface area (Å²) in [5.41, 5.74) is 0. The fraction of sp³-hybridized carbons (Fsp3) is 0.643. The number of carboxylic acids is 1. The standard InChI is InChI=1S/C14H23NO5/c1-2-14(19)20-11-7-10-15-12(16)8-5-3-4-6-9-13(17)18/h2H,1,3-11H2,(H,15,16)(H,17,18). The molecule has 114 valence electrons. The molecule has 0 heterocycles. The molecule has 2 N–H and O–H groups in total. The van der Waals surface area contributed by atoms with Crippen LogP contribution < -0.4 is 5.32 Å². The Morgan fingerprint density at radius 1 is 1.05 bits per heavy atom. The van der Waals surface area contributed by atoms with Crippen molar-refractivity contribution in [1.29, 1.82) is 0 Å². The lowest BCUT2D eigenvalue weighted by Gasteiger charge is -2.05. The van der Waals surface area contributed by atoms with Gasteiger partial charge in [0, 0.05) is 25.5 Å². The number of ether oxygens (including phenoxy) is 1. The Morgan fingerprint density at radius 3 is 2.30 bits per heavy atom. The Morgan fingerprint density at radius 2 is 1.70 bits per heavy atom. The summed E-state index contributed by atoms with van der Waals surface area (Å²) < 4.78 is 4.76. The van der Waals surface area contributed by atoms with E-state index in [0.717, 1.165) is 25.3 Å². The summed E-state index contributed by atoms with van der Waals surface area (Å²) in [6, 6.07) is 0. The lowest BCUT2D eigenvalue weighted by Crippen LogP contribution is -2.25. The highest BCUT2D eigenvalue weighted by molar-refractivity contribution is 5.81. The molecule has 1 amide bonds. The van der Waals surface area contributed by atoms with E-state index in [4.69, 9.17) is 9.84 Å². The van der Waals surface area contributed by atoms with Crippen LogP contribution in [-0.2, 0) is 19.1 Å². The zero-order valence-electron chi connectivity index (χ0n) is 11.7. The van der Waals surface area contributed by atoms with Gasteiger partial charge in [-0.15, -0.1) is 0 Å². The number of amides is 1. The predicted molar refractivity (Wildman–Crippen MR) is 74.1 cm³/mol. The molecule has 6 nitrogen and oxygen atoms in total. The number of carboxylic acid groups (broad SMARTS) is 1. The fourth-order valence-electron chi connectivity index (χ4n) is 1.54. The van der Waals surface area contributed by atoms with Crippen molar-refractivity contribution in [2.75, 3.05) is 13.2 Å². The Labute approximate surface area is 119 Å². The van der Waals surface area contributed by atoms with E-state index in [2.05, 4.69) is 11.9 Å². The molecule has 0 aliphatic heterocycles. The van der Waals surface area contributed by atoms with Gasteiger partial charge in [0.05, 0.1) is 6.61 Å². The molecule has 0 radical (unpaired) electrons. The smallest absolute Gasteiger partial charge is 0.330 e. The van der Waals surface area contributed by atoms with E-state index < -0.39 is 11.9 Å². The molecular weight excluding hydrogens is 262 g/mol. The van der Waals surface area contributed by atoms with E-state index >= 15 is 0 Å². The molecule has 0 fully saturated rings. The summed E-state index contributed by atoms with van der Waals surface area (Å²) in [5, 5.41) is 11.2. The number of esters is 1. The first-order valence-electron chi connectivity index (χ1n) is 6.84. The van der Waals surface area contributed by atoms with Gasteiger partial charge < -0.3 is 15.2 Å². The van der Waals surface area contributed by atoms with Crippen molar-refractivity contribution in [2.24, 2.45) is 0 Å².